The molecule has 13 heavy (non-hydrogen) atoms. The Morgan fingerprint density at radius 1 is 1.31 bits per heavy atom. The van der Waals surface area contributed by atoms with Gasteiger partial charge in [-0.3, -0.25) is 4.99 Å². The lowest BCUT2D eigenvalue weighted by Gasteiger charge is -2.19. The molecule has 1 aliphatic carbocycles. The maximum absolute atomic E-state index is 13.8. The molecular weight excluding hydrogens is 165 g/mol. The lowest BCUT2D eigenvalue weighted by Crippen LogP contribution is -2.12. The predicted molar refractivity (Wildman–Crippen MR) is 52.6 cm³/mol. The average Bonchev–Trinajstić information content (AvgIpc) is 2.73. The molecule has 0 bridgehead atoms. The molecule has 0 atom stereocenters. The Morgan fingerprint density at radius 3 is 2.31 bits per heavy atom. The summed E-state index contributed by atoms with van der Waals surface area (Å²) in [4.78, 5) is 4.29. The van der Waals surface area contributed by atoms with E-state index in [2.05, 4.69) is 4.99 Å². The zero-order valence-corrected chi connectivity index (χ0v) is 8.52. The summed E-state index contributed by atoms with van der Waals surface area (Å²) in [5, 5.41) is 0. The predicted octanol–water partition coefficient (Wildman–Crippen LogP) is 3.12. The zero-order chi connectivity index (χ0) is 9.64. The Morgan fingerprint density at radius 2 is 1.92 bits per heavy atom. The molecule has 1 aliphatic heterocycles. The second-order valence-electron chi connectivity index (χ2n) is 5.02. The van der Waals surface area contributed by atoms with Crippen molar-refractivity contribution >= 4 is 5.71 Å². The first-order chi connectivity index (χ1) is 6.00. The normalized spacial score (nSPS) is 23.8. The van der Waals surface area contributed by atoms with Crippen molar-refractivity contribution in [2.24, 2.45) is 16.3 Å². The van der Waals surface area contributed by atoms with Gasteiger partial charge >= 0.3 is 0 Å². The van der Waals surface area contributed by atoms with Crippen molar-refractivity contribution in [3.05, 3.63) is 11.4 Å². The molecule has 0 unspecified atom stereocenters. The van der Waals surface area contributed by atoms with Crippen molar-refractivity contribution in [3.8, 4) is 0 Å². The summed E-state index contributed by atoms with van der Waals surface area (Å²) in [6.07, 6.45) is 2.26. The molecule has 72 valence electrons. The monoisotopic (exact) mass is 181 g/mol. The van der Waals surface area contributed by atoms with E-state index in [1.165, 1.54) is 0 Å². The molecule has 0 amide bonds. The number of hydrogen-bond acceptors (Lipinski definition) is 1. The number of hydrogen-bond donors (Lipinski definition) is 0. The van der Waals surface area contributed by atoms with Gasteiger partial charge in [-0.2, -0.15) is 0 Å². The zero-order valence-electron chi connectivity index (χ0n) is 8.52. The number of rotatable bonds is 1. The summed E-state index contributed by atoms with van der Waals surface area (Å²) >= 11 is 0. The molecule has 1 nitrogen and oxygen atoms in total. The molecule has 1 fully saturated rings. The van der Waals surface area contributed by atoms with Gasteiger partial charge in [-0.1, -0.05) is 20.8 Å². The molecule has 0 spiro atoms. The van der Waals surface area contributed by atoms with Crippen molar-refractivity contribution in [2.45, 2.75) is 33.6 Å². The van der Waals surface area contributed by atoms with E-state index in [1.54, 1.807) is 0 Å². The molecule has 2 rings (SSSR count). The SMILES string of the molecule is CC(C)(C)C1=C(F)C(C2CC2)=NC1. The number of nitrogens with zero attached hydrogens (tertiary/aromatic N) is 1. The summed E-state index contributed by atoms with van der Waals surface area (Å²) in [5.74, 6) is 0.440. The van der Waals surface area contributed by atoms with Gasteiger partial charge < -0.3 is 0 Å². The van der Waals surface area contributed by atoms with Crippen LogP contribution in [0.2, 0.25) is 0 Å². The Hall–Kier alpha value is -0.660. The number of halogens is 1. The lowest BCUT2D eigenvalue weighted by atomic mass is 9.86. The van der Waals surface area contributed by atoms with Crippen LogP contribution in [0, 0.1) is 11.3 Å². The van der Waals surface area contributed by atoms with E-state index in [0.717, 1.165) is 24.1 Å². The quantitative estimate of drug-likeness (QED) is 0.589. The Kier molecular flexibility index (Phi) is 1.83. The Labute approximate surface area is 78.7 Å². The van der Waals surface area contributed by atoms with Crippen LogP contribution < -0.4 is 0 Å². The molecule has 0 radical (unpaired) electrons. The molecule has 1 saturated carbocycles. The summed E-state index contributed by atoms with van der Waals surface area (Å²) in [7, 11) is 0. The van der Waals surface area contributed by atoms with Crippen molar-refractivity contribution in [2.75, 3.05) is 6.54 Å². The molecule has 0 saturated heterocycles. The van der Waals surface area contributed by atoms with E-state index in [0.29, 0.717) is 12.5 Å². The second-order valence-corrected chi connectivity index (χ2v) is 5.02. The van der Waals surface area contributed by atoms with Crippen molar-refractivity contribution in [3.63, 3.8) is 0 Å². The average molecular weight is 181 g/mol. The maximum atomic E-state index is 13.8. The fraction of sp³-hybridized carbons (Fsp3) is 0.727. The van der Waals surface area contributed by atoms with Gasteiger partial charge in [0, 0.05) is 5.92 Å². The van der Waals surface area contributed by atoms with Crippen molar-refractivity contribution < 1.29 is 4.39 Å². The largest absolute Gasteiger partial charge is 0.282 e. The summed E-state index contributed by atoms with van der Waals surface area (Å²) in [6.45, 7) is 6.73. The smallest absolute Gasteiger partial charge is 0.146 e. The van der Waals surface area contributed by atoms with E-state index in [1.807, 2.05) is 20.8 Å². The van der Waals surface area contributed by atoms with Crippen LogP contribution in [0.4, 0.5) is 4.39 Å². The minimum atomic E-state index is -0.0653. The van der Waals surface area contributed by atoms with Gasteiger partial charge in [0.1, 0.15) is 5.83 Å². The third-order valence-corrected chi connectivity index (χ3v) is 2.77. The van der Waals surface area contributed by atoms with E-state index in [4.69, 9.17) is 0 Å². The Bertz CT molecular complexity index is 290. The van der Waals surface area contributed by atoms with Crippen LogP contribution in [-0.2, 0) is 0 Å². The standard InChI is InChI=1S/C11H16FN/c1-11(2,3)8-6-13-10(9(8)12)7-4-5-7/h7H,4-6H2,1-3H3. The molecule has 0 aromatic carbocycles. The molecule has 0 aromatic heterocycles. The van der Waals surface area contributed by atoms with Crippen LogP contribution in [-0.4, -0.2) is 12.3 Å². The molecular formula is C11H16FN. The van der Waals surface area contributed by atoms with Gasteiger partial charge in [-0.15, -0.1) is 0 Å². The van der Waals surface area contributed by atoms with Gasteiger partial charge in [0.25, 0.3) is 0 Å². The summed E-state index contributed by atoms with van der Waals surface area (Å²) < 4.78 is 13.8. The first-order valence-electron chi connectivity index (χ1n) is 4.94. The van der Waals surface area contributed by atoms with Gasteiger partial charge in [0.2, 0.25) is 0 Å². The Balaban J connectivity index is 2.24. The molecule has 2 heteroatoms. The fourth-order valence-electron chi connectivity index (χ4n) is 1.69. The topological polar surface area (TPSA) is 12.4 Å². The third-order valence-electron chi connectivity index (χ3n) is 2.77. The highest BCUT2D eigenvalue weighted by atomic mass is 19.1. The van der Waals surface area contributed by atoms with Crippen molar-refractivity contribution in [1.82, 2.24) is 0 Å². The minimum absolute atomic E-state index is 0.00463. The highest BCUT2D eigenvalue weighted by Gasteiger charge is 2.36. The van der Waals surface area contributed by atoms with Crippen LogP contribution >= 0.6 is 0 Å². The van der Waals surface area contributed by atoms with E-state index >= 15 is 0 Å². The van der Waals surface area contributed by atoms with Gasteiger partial charge in [-0.05, 0) is 23.8 Å². The van der Waals surface area contributed by atoms with Gasteiger partial charge in [0.05, 0.1) is 12.3 Å². The number of aliphatic imine (C=N–C) groups is 1. The van der Waals surface area contributed by atoms with Crippen LogP contribution in [0.3, 0.4) is 0 Å². The number of allylic oxidation sites excluding steroid dienone is 1. The highest BCUT2D eigenvalue weighted by molar-refractivity contribution is 6.03. The van der Waals surface area contributed by atoms with E-state index in [-0.39, 0.29) is 11.2 Å². The van der Waals surface area contributed by atoms with Crippen LogP contribution in [0.1, 0.15) is 33.6 Å². The van der Waals surface area contributed by atoms with E-state index < -0.39 is 0 Å². The fourth-order valence-corrected chi connectivity index (χ4v) is 1.69. The molecule has 1 heterocycles. The molecule has 0 N–H and O–H groups in total. The minimum Gasteiger partial charge on any atom is -0.282 e. The second kappa shape index (κ2) is 2.66. The molecule has 0 aromatic rings. The first kappa shape index (κ1) is 8.92. The maximum Gasteiger partial charge on any atom is 0.146 e. The highest BCUT2D eigenvalue weighted by Crippen LogP contribution is 2.40. The van der Waals surface area contributed by atoms with Gasteiger partial charge in [0.15, 0.2) is 0 Å². The summed E-state index contributed by atoms with van der Waals surface area (Å²) in [6, 6.07) is 0. The van der Waals surface area contributed by atoms with Crippen LogP contribution in [0.15, 0.2) is 16.4 Å². The third kappa shape index (κ3) is 1.54. The first-order valence-corrected chi connectivity index (χ1v) is 4.94. The van der Waals surface area contributed by atoms with Crippen LogP contribution in [0.5, 0.6) is 0 Å². The van der Waals surface area contributed by atoms with Crippen molar-refractivity contribution in [1.29, 1.82) is 0 Å². The van der Waals surface area contributed by atoms with Gasteiger partial charge in [-0.25, -0.2) is 4.39 Å². The summed E-state index contributed by atoms with van der Waals surface area (Å²) in [5.41, 5.74) is 1.57. The molecule has 2 aliphatic rings. The van der Waals surface area contributed by atoms with E-state index in [9.17, 15) is 4.39 Å². The van der Waals surface area contributed by atoms with Crippen LogP contribution in [0.25, 0.3) is 0 Å². The lowest BCUT2D eigenvalue weighted by molar-refractivity contribution is 0.478.